The Labute approximate surface area is 213 Å². The van der Waals surface area contributed by atoms with E-state index in [2.05, 4.69) is 79.7 Å². The molecule has 0 saturated carbocycles. The zero-order valence-electron chi connectivity index (χ0n) is 21.9. The summed E-state index contributed by atoms with van der Waals surface area (Å²) in [6.45, 7) is 18.0. The smallest absolute Gasteiger partial charge is 0.496 e. The van der Waals surface area contributed by atoms with E-state index in [9.17, 15) is 17.3 Å². The predicted molar refractivity (Wildman–Crippen MR) is 130 cm³/mol. The van der Waals surface area contributed by atoms with Crippen LogP contribution in [0.4, 0.5) is 17.3 Å². The Morgan fingerprint density at radius 2 is 0.765 bits per heavy atom. The van der Waals surface area contributed by atoms with Crippen LogP contribution in [-0.2, 0) is 0 Å². The third-order valence-corrected chi connectivity index (χ3v) is 7.83. The lowest BCUT2D eigenvalue weighted by Gasteiger charge is -2.19. The third-order valence-electron chi connectivity index (χ3n) is 5.34. The van der Waals surface area contributed by atoms with Crippen LogP contribution in [0.15, 0.2) is 24.3 Å². The van der Waals surface area contributed by atoms with Gasteiger partial charge in [-0.2, -0.15) is 0 Å². The highest BCUT2D eigenvalue weighted by Crippen LogP contribution is 2.35. The first kappa shape index (κ1) is 30.6. The summed E-state index contributed by atoms with van der Waals surface area (Å²) in [4.78, 5) is 0. The molecular weight excluding hydrogens is 558 g/mol. The van der Waals surface area contributed by atoms with Gasteiger partial charge in [0, 0.05) is 22.3 Å². The molecule has 0 bridgehead atoms. The maximum Gasteiger partial charge on any atom is 0.673 e. The van der Waals surface area contributed by atoms with E-state index in [1.807, 2.05) is 0 Å². The SMILES string of the molecule is COc1c(C(C)C)cc([I+]c2cc(C(C)C)c(OC)c(C(C)C)c2)cc1C(C)C.F[B-](F)(F)F. The molecule has 0 saturated heterocycles. The van der Waals surface area contributed by atoms with Crippen LogP contribution in [0, 0.1) is 7.14 Å². The molecule has 0 spiro atoms. The summed E-state index contributed by atoms with van der Waals surface area (Å²) in [5, 5.41) is 0. The Morgan fingerprint density at radius 3 is 0.912 bits per heavy atom. The molecule has 0 heterocycles. The minimum Gasteiger partial charge on any atom is -0.496 e. The second-order valence-electron chi connectivity index (χ2n) is 9.44. The number of rotatable bonds is 8. The Morgan fingerprint density at radius 1 is 0.559 bits per heavy atom. The number of hydrogen-bond acceptors (Lipinski definition) is 2. The van der Waals surface area contributed by atoms with Crippen molar-refractivity contribution >= 4 is 7.25 Å². The maximum atomic E-state index is 9.75. The Kier molecular flexibility index (Phi) is 11.7. The van der Waals surface area contributed by atoms with E-state index in [0.29, 0.717) is 23.7 Å². The van der Waals surface area contributed by atoms with Crippen LogP contribution in [0.3, 0.4) is 0 Å². The van der Waals surface area contributed by atoms with Crippen LogP contribution in [0.1, 0.15) is 101 Å². The molecule has 0 aliphatic carbocycles. The fourth-order valence-electron chi connectivity index (χ4n) is 3.69. The highest BCUT2D eigenvalue weighted by molar-refractivity contribution is 6.50. The lowest BCUT2D eigenvalue weighted by molar-refractivity contribution is -0.597. The van der Waals surface area contributed by atoms with E-state index in [4.69, 9.17) is 9.47 Å². The van der Waals surface area contributed by atoms with Gasteiger partial charge in [0.2, 0.25) is 0 Å². The number of hydrogen-bond donors (Lipinski definition) is 0. The van der Waals surface area contributed by atoms with E-state index in [0.717, 1.165) is 11.5 Å². The summed E-state index contributed by atoms with van der Waals surface area (Å²) in [6, 6.07) is 9.54. The molecule has 0 aliphatic rings. The molecule has 2 aromatic rings. The molecular formula is C26H38BF4IO2. The van der Waals surface area contributed by atoms with Crippen LogP contribution < -0.4 is 30.7 Å². The summed E-state index contributed by atoms with van der Waals surface area (Å²) < 4.78 is 53.6. The molecule has 34 heavy (non-hydrogen) atoms. The molecule has 0 fully saturated rings. The van der Waals surface area contributed by atoms with Gasteiger partial charge in [0.1, 0.15) is 11.5 Å². The quantitative estimate of drug-likeness (QED) is 0.224. The predicted octanol–water partition coefficient (Wildman–Crippen LogP) is 5.63. The van der Waals surface area contributed by atoms with Crippen LogP contribution in [0.5, 0.6) is 11.5 Å². The normalized spacial score (nSPS) is 11.8. The van der Waals surface area contributed by atoms with Crippen LogP contribution in [0.25, 0.3) is 0 Å². The first-order valence-corrected chi connectivity index (χ1v) is 13.7. The van der Waals surface area contributed by atoms with E-state index in [1.54, 1.807) is 14.2 Å². The zero-order valence-corrected chi connectivity index (χ0v) is 24.1. The molecule has 0 atom stereocenters. The molecule has 2 aromatic carbocycles. The van der Waals surface area contributed by atoms with Crippen molar-refractivity contribution in [3.63, 3.8) is 0 Å². The monoisotopic (exact) mass is 596 g/mol. The highest BCUT2D eigenvalue weighted by atomic mass is 127. The van der Waals surface area contributed by atoms with Gasteiger partial charge in [0.05, 0.1) is 14.2 Å². The molecule has 0 radical (unpaired) electrons. The van der Waals surface area contributed by atoms with Crippen molar-refractivity contribution in [2.75, 3.05) is 14.2 Å². The first-order valence-electron chi connectivity index (χ1n) is 11.6. The minimum atomic E-state index is -6.00. The molecule has 0 amide bonds. The van der Waals surface area contributed by atoms with Crippen LogP contribution in [0.2, 0.25) is 0 Å². The first-order chi connectivity index (χ1) is 15.6. The number of ether oxygens (including phenoxy) is 2. The minimum absolute atomic E-state index is 0.288. The summed E-state index contributed by atoms with van der Waals surface area (Å²) in [5.74, 6) is 3.92. The molecule has 192 valence electrons. The van der Waals surface area contributed by atoms with E-state index in [1.165, 1.54) is 29.4 Å². The fraction of sp³-hybridized carbons (Fsp3) is 0.538. The number of benzene rings is 2. The van der Waals surface area contributed by atoms with Gasteiger partial charge in [-0.15, -0.1) is 0 Å². The Balaban J connectivity index is 0.00000104. The average Bonchev–Trinajstić information content (AvgIpc) is 2.70. The molecule has 2 rings (SSSR count). The highest BCUT2D eigenvalue weighted by Gasteiger charge is 2.27. The van der Waals surface area contributed by atoms with Gasteiger partial charge in [-0.05, 0) is 47.9 Å². The van der Waals surface area contributed by atoms with Gasteiger partial charge in [-0.1, -0.05) is 55.4 Å². The van der Waals surface area contributed by atoms with Gasteiger partial charge in [0.15, 0.2) is 7.14 Å². The summed E-state index contributed by atoms with van der Waals surface area (Å²) >= 11 is -0.288. The van der Waals surface area contributed by atoms with Gasteiger partial charge < -0.3 is 26.7 Å². The van der Waals surface area contributed by atoms with Crippen molar-refractivity contribution in [2.45, 2.75) is 79.1 Å². The number of methoxy groups -OCH3 is 2. The van der Waals surface area contributed by atoms with Crippen molar-refractivity contribution in [3.05, 3.63) is 53.7 Å². The second kappa shape index (κ2) is 13.0. The maximum absolute atomic E-state index is 9.75. The van der Waals surface area contributed by atoms with Crippen LogP contribution in [-0.4, -0.2) is 21.5 Å². The second-order valence-corrected chi connectivity index (χ2v) is 12.5. The number of halogens is 5. The topological polar surface area (TPSA) is 18.5 Å². The van der Waals surface area contributed by atoms with Crippen LogP contribution >= 0.6 is 0 Å². The molecule has 2 nitrogen and oxygen atoms in total. The Bertz CT molecular complexity index is 807. The summed E-state index contributed by atoms with van der Waals surface area (Å²) in [6.07, 6.45) is 0. The van der Waals surface area contributed by atoms with Gasteiger partial charge in [-0.25, -0.2) is 0 Å². The van der Waals surface area contributed by atoms with Crippen molar-refractivity contribution in [1.82, 2.24) is 0 Å². The third kappa shape index (κ3) is 8.97. The van der Waals surface area contributed by atoms with Gasteiger partial charge >= 0.3 is 28.5 Å². The van der Waals surface area contributed by atoms with E-state index < -0.39 is 7.25 Å². The van der Waals surface area contributed by atoms with Crippen molar-refractivity contribution in [1.29, 1.82) is 0 Å². The molecule has 0 N–H and O–H groups in total. The molecule has 0 aliphatic heterocycles. The van der Waals surface area contributed by atoms with Crippen molar-refractivity contribution < 1.29 is 47.9 Å². The largest absolute Gasteiger partial charge is 0.673 e. The van der Waals surface area contributed by atoms with E-state index >= 15 is 0 Å². The summed E-state index contributed by atoms with van der Waals surface area (Å²) in [5.41, 5.74) is 5.32. The molecule has 0 unspecified atom stereocenters. The fourth-order valence-corrected chi connectivity index (χ4v) is 6.38. The van der Waals surface area contributed by atoms with Crippen molar-refractivity contribution in [2.24, 2.45) is 0 Å². The van der Waals surface area contributed by atoms with E-state index in [-0.39, 0.29) is 21.2 Å². The van der Waals surface area contributed by atoms with Gasteiger partial charge in [0.25, 0.3) is 0 Å². The van der Waals surface area contributed by atoms with Crippen molar-refractivity contribution in [3.8, 4) is 11.5 Å². The molecule has 0 aromatic heterocycles. The molecule has 8 heteroatoms. The Hall–Kier alpha value is -1.45. The zero-order chi connectivity index (χ0) is 26.4. The lowest BCUT2D eigenvalue weighted by atomic mass is 9.94. The standard InChI is InChI=1S/C26H38IO2.BF4/c1-15(2)21-11-19(12-22(16(3)4)25(21)28-9)27-20-13-23(17(5)6)26(29-10)24(14-20)18(7)8;2-1(3,4)5/h11-18H,1-10H3;/q+1;-1. The van der Waals surface area contributed by atoms with Gasteiger partial charge in [-0.3, -0.25) is 0 Å². The lowest BCUT2D eigenvalue weighted by Crippen LogP contribution is -3.61. The average molecular weight is 596 g/mol. The summed E-state index contributed by atoms with van der Waals surface area (Å²) in [7, 11) is -2.40.